The van der Waals surface area contributed by atoms with Gasteiger partial charge in [0.1, 0.15) is 5.69 Å². The van der Waals surface area contributed by atoms with E-state index in [0.29, 0.717) is 23.2 Å². The van der Waals surface area contributed by atoms with E-state index in [1.807, 2.05) is 30.3 Å². The molecule has 1 fully saturated rings. The van der Waals surface area contributed by atoms with Crippen LogP contribution in [0.15, 0.2) is 48.9 Å². The molecule has 8 nitrogen and oxygen atoms in total. The molecule has 144 valence electrons. The van der Waals surface area contributed by atoms with Crippen molar-refractivity contribution >= 4 is 22.5 Å². The molecule has 1 saturated heterocycles. The van der Waals surface area contributed by atoms with Gasteiger partial charge in [-0.1, -0.05) is 23.5 Å². The molecule has 2 amide bonds. The summed E-state index contributed by atoms with van der Waals surface area (Å²) in [5.41, 5.74) is 1.69. The number of rotatable bonds is 6. The monoisotopic (exact) mass is 396 g/mol. The van der Waals surface area contributed by atoms with Gasteiger partial charge in [-0.25, -0.2) is 4.79 Å². The topological polar surface area (TPSA) is 93.1 Å². The second-order valence-corrected chi connectivity index (χ2v) is 7.41. The maximum Gasteiger partial charge on any atom is 0.324 e. The van der Waals surface area contributed by atoms with Crippen LogP contribution >= 0.6 is 11.3 Å². The number of pyridine rings is 2. The number of aromatic nitrogens is 4. The molecule has 0 saturated carbocycles. The van der Waals surface area contributed by atoms with Gasteiger partial charge in [0.05, 0.1) is 6.10 Å². The standard InChI is InChI=1S/C19H20N6O2S/c26-19(22-18-24-23-17(28-18)16-7-1-2-9-21-16)25(13-15-6-4-10-27-15)12-14-5-3-8-20-11-14/h1-3,5,7-9,11,15H,4,6,10,12-13H2,(H,22,24,26)/t15-/m0/s1. The van der Waals surface area contributed by atoms with Crippen molar-refractivity contribution in [1.29, 1.82) is 0 Å². The first-order valence-electron chi connectivity index (χ1n) is 9.09. The lowest BCUT2D eigenvalue weighted by Gasteiger charge is -2.25. The molecule has 0 radical (unpaired) electrons. The first-order chi connectivity index (χ1) is 13.8. The Morgan fingerprint density at radius 2 is 2.21 bits per heavy atom. The summed E-state index contributed by atoms with van der Waals surface area (Å²) in [6.45, 7) is 1.72. The molecule has 1 aliphatic rings. The number of anilines is 1. The van der Waals surface area contributed by atoms with Gasteiger partial charge in [0.2, 0.25) is 5.13 Å². The number of hydrogen-bond acceptors (Lipinski definition) is 7. The second-order valence-electron chi connectivity index (χ2n) is 6.43. The summed E-state index contributed by atoms with van der Waals surface area (Å²) in [5.74, 6) is 0. The number of carbonyl (C=O) groups is 1. The van der Waals surface area contributed by atoms with Crippen molar-refractivity contribution in [3.05, 3.63) is 54.5 Å². The molecular formula is C19H20N6O2S. The molecule has 0 unspecified atom stereocenters. The fourth-order valence-corrected chi connectivity index (χ4v) is 3.71. The van der Waals surface area contributed by atoms with Gasteiger partial charge in [-0.15, -0.1) is 10.2 Å². The van der Waals surface area contributed by atoms with Crippen LogP contribution in [0.4, 0.5) is 9.93 Å². The van der Waals surface area contributed by atoms with E-state index in [4.69, 9.17) is 4.74 Å². The lowest BCUT2D eigenvalue weighted by atomic mass is 10.2. The van der Waals surface area contributed by atoms with E-state index >= 15 is 0 Å². The van der Waals surface area contributed by atoms with Crippen LogP contribution in [-0.4, -0.2) is 50.4 Å². The number of urea groups is 1. The minimum Gasteiger partial charge on any atom is -0.376 e. The molecule has 1 N–H and O–H groups in total. The van der Waals surface area contributed by atoms with Crippen LogP contribution in [-0.2, 0) is 11.3 Å². The SMILES string of the molecule is O=C(Nc1nnc(-c2ccccn2)s1)N(Cc1cccnc1)C[C@@H]1CCCO1. The highest BCUT2D eigenvalue weighted by Gasteiger charge is 2.24. The highest BCUT2D eigenvalue weighted by Crippen LogP contribution is 2.25. The highest BCUT2D eigenvalue weighted by atomic mass is 32.1. The Bertz CT molecular complexity index is 899. The van der Waals surface area contributed by atoms with E-state index in [1.165, 1.54) is 11.3 Å². The fourth-order valence-electron chi connectivity index (χ4n) is 3.00. The molecule has 0 aliphatic carbocycles. The first kappa shape index (κ1) is 18.5. The van der Waals surface area contributed by atoms with Gasteiger partial charge in [0.15, 0.2) is 5.01 Å². The first-order valence-corrected chi connectivity index (χ1v) is 9.91. The number of hydrogen-bond donors (Lipinski definition) is 1. The number of amides is 2. The van der Waals surface area contributed by atoms with Crippen molar-refractivity contribution in [2.75, 3.05) is 18.5 Å². The summed E-state index contributed by atoms with van der Waals surface area (Å²) in [4.78, 5) is 23.0. The van der Waals surface area contributed by atoms with Crippen molar-refractivity contribution in [3.8, 4) is 10.7 Å². The van der Waals surface area contributed by atoms with E-state index in [9.17, 15) is 4.79 Å². The van der Waals surface area contributed by atoms with Gasteiger partial charge in [-0.05, 0) is 36.6 Å². The van der Waals surface area contributed by atoms with Gasteiger partial charge < -0.3 is 9.64 Å². The molecule has 9 heteroatoms. The molecule has 4 rings (SSSR count). The summed E-state index contributed by atoms with van der Waals surface area (Å²) in [7, 11) is 0. The van der Waals surface area contributed by atoms with E-state index in [0.717, 1.165) is 30.7 Å². The number of carbonyl (C=O) groups excluding carboxylic acids is 1. The van der Waals surface area contributed by atoms with E-state index in [-0.39, 0.29) is 12.1 Å². The fraction of sp³-hybridized carbons (Fsp3) is 0.316. The van der Waals surface area contributed by atoms with Gasteiger partial charge in [-0.3, -0.25) is 15.3 Å². The van der Waals surface area contributed by atoms with Crippen molar-refractivity contribution < 1.29 is 9.53 Å². The molecule has 0 spiro atoms. The van der Waals surface area contributed by atoms with Crippen molar-refractivity contribution in [3.63, 3.8) is 0 Å². The van der Waals surface area contributed by atoms with Gasteiger partial charge >= 0.3 is 6.03 Å². The molecule has 3 aromatic rings. The normalized spacial score (nSPS) is 16.1. The molecule has 4 heterocycles. The minimum atomic E-state index is -0.233. The van der Waals surface area contributed by atoms with Gasteiger partial charge in [0.25, 0.3) is 0 Å². The van der Waals surface area contributed by atoms with Gasteiger partial charge in [-0.2, -0.15) is 0 Å². The summed E-state index contributed by atoms with van der Waals surface area (Å²) in [6.07, 6.45) is 7.22. The Balaban J connectivity index is 1.46. The van der Waals surface area contributed by atoms with E-state index < -0.39 is 0 Å². The van der Waals surface area contributed by atoms with Gasteiger partial charge in [0, 0.05) is 38.3 Å². The van der Waals surface area contributed by atoms with E-state index in [2.05, 4.69) is 25.5 Å². The predicted octanol–water partition coefficient (Wildman–Crippen LogP) is 3.21. The van der Waals surface area contributed by atoms with Crippen LogP contribution in [0.5, 0.6) is 0 Å². The van der Waals surface area contributed by atoms with Crippen molar-refractivity contribution in [2.24, 2.45) is 0 Å². The molecule has 0 bridgehead atoms. The predicted molar refractivity (Wildman–Crippen MR) is 106 cm³/mol. The molecule has 0 aromatic carbocycles. The van der Waals surface area contributed by atoms with Crippen LogP contribution in [0.3, 0.4) is 0 Å². The van der Waals surface area contributed by atoms with Crippen LogP contribution < -0.4 is 5.32 Å². The Morgan fingerprint density at radius 3 is 2.96 bits per heavy atom. The molecule has 1 atom stereocenters. The average Bonchev–Trinajstić information content (AvgIpc) is 3.41. The molecule has 28 heavy (non-hydrogen) atoms. The quantitative estimate of drug-likeness (QED) is 0.688. The lowest BCUT2D eigenvalue weighted by molar-refractivity contribution is 0.0819. The molecule has 3 aromatic heterocycles. The maximum absolute atomic E-state index is 12.9. The van der Waals surface area contributed by atoms with Crippen LogP contribution in [0.25, 0.3) is 10.7 Å². The largest absolute Gasteiger partial charge is 0.376 e. The van der Waals surface area contributed by atoms with Crippen LogP contribution in [0, 0.1) is 0 Å². The Kier molecular flexibility index (Phi) is 5.83. The summed E-state index contributed by atoms with van der Waals surface area (Å²) in [6, 6.07) is 9.17. The Hall–Kier alpha value is -2.91. The lowest BCUT2D eigenvalue weighted by Crippen LogP contribution is -2.39. The van der Waals surface area contributed by atoms with E-state index in [1.54, 1.807) is 23.5 Å². The van der Waals surface area contributed by atoms with Crippen molar-refractivity contribution in [1.82, 2.24) is 25.1 Å². The van der Waals surface area contributed by atoms with Crippen molar-refractivity contribution in [2.45, 2.75) is 25.5 Å². The van der Waals surface area contributed by atoms with Crippen LogP contribution in [0.2, 0.25) is 0 Å². The zero-order valence-corrected chi connectivity index (χ0v) is 16.0. The second kappa shape index (κ2) is 8.85. The number of ether oxygens (including phenoxy) is 1. The molecular weight excluding hydrogens is 376 g/mol. The summed E-state index contributed by atoms with van der Waals surface area (Å²) >= 11 is 1.29. The Morgan fingerprint density at radius 1 is 1.25 bits per heavy atom. The highest BCUT2D eigenvalue weighted by molar-refractivity contribution is 7.18. The Labute approximate surface area is 166 Å². The average molecular weight is 396 g/mol. The zero-order valence-electron chi connectivity index (χ0n) is 15.2. The third-order valence-corrected chi connectivity index (χ3v) is 5.22. The minimum absolute atomic E-state index is 0.0564. The molecule has 1 aliphatic heterocycles. The third-order valence-electron chi connectivity index (χ3n) is 4.35. The third kappa shape index (κ3) is 4.68. The summed E-state index contributed by atoms with van der Waals surface area (Å²) < 4.78 is 5.71. The zero-order chi connectivity index (χ0) is 19.2. The number of nitrogens with zero attached hydrogens (tertiary/aromatic N) is 5. The maximum atomic E-state index is 12.9. The summed E-state index contributed by atoms with van der Waals surface area (Å²) in [5, 5.41) is 12.2. The smallest absolute Gasteiger partial charge is 0.324 e. The van der Waals surface area contributed by atoms with Crippen LogP contribution in [0.1, 0.15) is 18.4 Å². The number of nitrogens with one attached hydrogen (secondary N) is 1.